The second kappa shape index (κ2) is 7.98. The summed E-state index contributed by atoms with van der Waals surface area (Å²) in [5.41, 5.74) is 0. The Morgan fingerprint density at radius 2 is 1.89 bits per heavy atom. The standard InChI is InChI=1S/C11H22N2O5S/c1-4-8(2)9(10(14)15)13-11(16)12-6-5-7-19(3,17)18/h8-9H,4-7H2,1-3H3,(H,14,15)(H2,12,13,16). The number of carboxylic acid groups (broad SMARTS) is 1. The number of carboxylic acids is 1. The molecule has 0 radical (unpaired) electrons. The Labute approximate surface area is 113 Å². The molecule has 112 valence electrons. The van der Waals surface area contributed by atoms with Crippen molar-refractivity contribution >= 4 is 21.8 Å². The fraction of sp³-hybridized carbons (Fsp3) is 0.818. The lowest BCUT2D eigenvalue weighted by molar-refractivity contribution is -0.140. The van der Waals surface area contributed by atoms with E-state index >= 15 is 0 Å². The van der Waals surface area contributed by atoms with Gasteiger partial charge in [0, 0.05) is 12.8 Å². The van der Waals surface area contributed by atoms with E-state index in [0.717, 1.165) is 6.26 Å². The largest absolute Gasteiger partial charge is 0.480 e. The third kappa shape index (κ3) is 8.41. The smallest absolute Gasteiger partial charge is 0.326 e. The van der Waals surface area contributed by atoms with Crippen molar-refractivity contribution in [3.05, 3.63) is 0 Å². The van der Waals surface area contributed by atoms with Crippen LogP contribution in [0.1, 0.15) is 26.7 Å². The number of nitrogens with one attached hydrogen (secondary N) is 2. The summed E-state index contributed by atoms with van der Waals surface area (Å²) >= 11 is 0. The van der Waals surface area contributed by atoms with Gasteiger partial charge in [0.15, 0.2) is 0 Å². The van der Waals surface area contributed by atoms with Crippen molar-refractivity contribution in [2.24, 2.45) is 5.92 Å². The molecule has 19 heavy (non-hydrogen) atoms. The van der Waals surface area contributed by atoms with Crippen LogP contribution in [0, 0.1) is 5.92 Å². The molecule has 0 rings (SSSR count). The monoisotopic (exact) mass is 294 g/mol. The van der Waals surface area contributed by atoms with E-state index in [0.29, 0.717) is 12.8 Å². The summed E-state index contributed by atoms with van der Waals surface area (Å²) in [4.78, 5) is 22.4. The first-order chi connectivity index (χ1) is 8.67. The number of hydrogen-bond acceptors (Lipinski definition) is 4. The fourth-order valence-electron chi connectivity index (χ4n) is 1.41. The van der Waals surface area contributed by atoms with Gasteiger partial charge in [-0.3, -0.25) is 0 Å². The van der Waals surface area contributed by atoms with Crippen LogP contribution in [0.15, 0.2) is 0 Å². The van der Waals surface area contributed by atoms with Crippen LogP contribution in [0.2, 0.25) is 0 Å². The second-order valence-corrected chi connectivity index (χ2v) is 6.84. The molecule has 8 heteroatoms. The van der Waals surface area contributed by atoms with Gasteiger partial charge in [-0.25, -0.2) is 18.0 Å². The maximum atomic E-state index is 11.5. The third-order valence-corrected chi connectivity index (χ3v) is 3.77. The molecule has 0 aliphatic heterocycles. The minimum absolute atomic E-state index is 0.0129. The minimum Gasteiger partial charge on any atom is -0.480 e. The molecule has 0 heterocycles. The van der Waals surface area contributed by atoms with Crippen LogP contribution in [0.5, 0.6) is 0 Å². The average Bonchev–Trinajstić information content (AvgIpc) is 2.29. The number of carbonyl (C=O) groups is 2. The number of carbonyl (C=O) groups excluding carboxylic acids is 1. The summed E-state index contributed by atoms with van der Waals surface area (Å²) in [6.07, 6.45) is 2.05. The molecule has 2 amide bonds. The van der Waals surface area contributed by atoms with Gasteiger partial charge in [0.2, 0.25) is 0 Å². The van der Waals surface area contributed by atoms with E-state index in [-0.39, 0.29) is 18.2 Å². The molecular formula is C11H22N2O5S. The number of hydrogen-bond donors (Lipinski definition) is 3. The summed E-state index contributed by atoms with van der Waals surface area (Å²) < 4.78 is 21.7. The molecule has 0 spiro atoms. The van der Waals surface area contributed by atoms with Crippen LogP contribution in [0.25, 0.3) is 0 Å². The van der Waals surface area contributed by atoms with Crippen molar-refractivity contribution in [3.8, 4) is 0 Å². The van der Waals surface area contributed by atoms with Crippen molar-refractivity contribution in [1.29, 1.82) is 0 Å². The first kappa shape index (κ1) is 17.7. The SMILES string of the molecule is CCC(C)C(NC(=O)NCCCS(C)(=O)=O)C(=O)O. The van der Waals surface area contributed by atoms with Crippen LogP contribution in [-0.2, 0) is 14.6 Å². The molecule has 0 aromatic heterocycles. The number of rotatable bonds is 8. The lowest BCUT2D eigenvalue weighted by atomic mass is 9.99. The Hall–Kier alpha value is -1.31. The zero-order valence-corrected chi connectivity index (χ0v) is 12.3. The van der Waals surface area contributed by atoms with Crippen molar-refractivity contribution in [1.82, 2.24) is 10.6 Å². The Kier molecular flexibility index (Phi) is 7.43. The van der Waals surface area contributed by atoms with Gasteiger partial charge in [-0.1, -0.05) is 20.3 Å². The van der Waals surface area contributed by atoms with Gasteiger partial charge >= 0.3 is 12.0 Å². The minimum atomic E-state index is -3.04. The zero-order valence-electron chi connectivity index (χ0n) is 11.5. The summed E-state index contributed by atoms with van der Waals surface area (Å²) in [7, 11) is -3.04. The van der Waals surface area contributed by atoms with Gasteiger partial charge in [-0.15, -0.1) is 0 Å². The quantitative estimate of drug-likeness (QED) is 0.554. The van der Waals surface area contributed by atoms with Gasteiger partial charge in [0.05, 0.1) is 5.75 Å². The van der Waals surface area contributed by atoms with Gasteiger partial charge in [-0.2, -0.15) is 0 Å². The van der Waals surface area contributed by atoms with Crippen molar-refractivity contribution in [3.63, 3.8) is 0 Å². The molecule has 0 aliphatic carbocycles. The Morgan fingerprint density at radius 1 is 1.32 bits per heavy atom. The van der Waals surface area contributed by atoms with Crippen LogP contribution in [-0.4, -0.2) is 50.1 Å². The van der Waals surface area contributed by atoms with E-state index in [1.54, 1.807) is 6.92 Å². The molecule has 0 aromatic rings. The fourth-order valence-corrected chi connectivity index (χ4v) is 2.08. The summed E-state index contributed by atoms with van der Waals surface area (Å²) in [5.74, 6) is -1.28. The zero-order chi connectivity index (χ0) is 15.1. The summed E-state index contributed by atoms with van der Waals surface area (Å²) in [6, 6.07) is -1.54. The Morgan fingerprint density at radius 3 is 2.32 bits per heavy atom. The molecule has 0 bridgehead atoms. The first-order valence-electron chi connectivity index (χ1n) is 6.12. The topological polar surface area (TPSA) is 113 Å². The predicted molar refractivity (Wildman–Crippen MR) is 71.7 cm³/mol. The molecule has 7 nitrogen and oxygen atoms in total. The summed E-state index contributed by atoms with van der Waals surface area (Å²) in [5, 5.41) is 13.8. The highest BCUT2D eigenvalue weighted by Gasteiger charge is 2.24. The molecule has 3 N–H and O–H groups in total. The normalized spacial score (nSPS) is 14.5. The second-order valence-electron chi connectivity index (χ2n) is 4.59. The number of aliphatic carboxylic acids is 1. The van der Waals surface area contributed by atoms with Crippen LogP contribution in [0.4, 0.5) is 4.79 Å². The highest BCUT2D eigenvalue weighted by Crippen LogP contribution is 2.07. The highest BCUT2D eigenvalue weighted by atomic mass is 32.2. The van der Waals surface area contributed by atoms with Crippen molar-refractivity contribution < 1.29 is 23.1 Å². The lowest BCUT2D eigenvalue weighted by Crippen LogP contribution is -2.49. The van der Waals surface area contributed by atoms with Crippen LogP contribution >= 0.6 is 0 Å². The van der Waals surface area contributed by atoms with Gasteiger partial charge in [0.1, 0.15) is 15.9 Å². The van der Waals surface area contributed by atoms with Gasteiger partial charge in [0.25, 0.3) is 0 Å². The lowest BCUT2D eigenvalue weighted by Gasteiger charge is -2.20. The number of amides is 2. The van der Waals surface area contributed by atoms with Crippen molar-refractivity contribution in [2.75, 3.05) is 18.6 Å². The molecule has 2 atom stereocenters. The maximum Gasteiger partial charge on any atom is 0.326 e. The molecule has 0 saturated carbocycles. The molecule has 0 fully saturated rings. The summed E-state index contributed by atoms with van der Waals surface area (Å²) in [6.45, 7) is 3.76. The third-order valence-electron chi connectivity index (χ3n) is 2.74. The molecule has 0 aromatic carbocycles. The highest BCUT2D eigenvalue weighted by molar-refractivity contribution is 7.90. The van der Waals surface area contributed by atoms with E-state index in [1.165, 1.54) is 0 Å². The van der Waals surface area contributed by atoms with Gasteiger partial charge < -0.3 is 15.7 Å². The van der Waals surface area contributed by atoms with E-state index in [2.05, 4.69) is 10.6 Å². The van der Waals surface area contributed by atoms with Crippen LogP contribution < -0.4 is 10.6 Å². The van der Waals surface area contributed by atoms with E-state index in [4.69, 9.17) is 5.11 Å². The van der Waals surface area contributed by atoms with Crippen molar-refractivity contribution in [2.45, 2.75) is 32.7 Å². The molecular weight excluding hydrogens is 272 g/mol. The first-order valence-corrected chi connectivity index (χ1v) is 8.18. The van der Waals surface area contributed by atoms with E-state index in [9.17, 15) is 18.0 Å². The van der Waals surface area contributed by atoms with E-state index in [1.807, 2.05) is 6.92 Å². The molecule has 2 unspecified atom stereocenters. The number of sulfone groups is 1. The van der Waals surface area contributed by atoms with Gasteiger partial charge in [-0.05, 0) is 12.3 Å². The number of urea groups is 1. The van der Waals surface area contributed by atoms with E-state index < -0.39 is 27.9 Å². The Balaban J connectivity index is 4.11. The Bertz CT molecular complexity index is 407. The molecule has 0 saturated heterocycles. The van der Waals surface area contributed by atoms with Crippen LogP contribution in [0.3, 0.4) is 0 Å². The predicted octanol–water partition coefficient (Wildman–Crippen LogP) is 0.220. The molecule has 0 aliphatic rings. The average molecular weight is 294 g/mol. The maximum absolute atomic E-state index is 11.5.